The fourth-order valence-corrected chi connectivity index (χ4v) is 3.65. The third-order valence-electron chi connectivity index (χ3n) is 5.26. The molecule has 38 heavy (non-hydrogen) atoms. The lowest BCUT2D eigenvalue weighted by Gasteiger charge is -2.21. The lowest BCUT2D eigenvalue weighted by Crippen LogP contribution is -2.52. The largest absolute Gasteiger partial charge is 0.491 e. The molecule has 2 aromatic carbocycles. The normalized spacial score (nSPS) is 10.8. The number of amidine groups is 1. The number of amides is 3. The van der Waals surface area contributed by atoms with E-state index in [1.807, 2.05) is 0 Å². The van der Waals surface area contributed by atoms with E-state index >= 15 is 0 Å². The number of urea groups is 1. The smallest absolute Gasteiger partial charge is 0.433 e. The van der Waals surface area contributed by atoms with Crippen LogP contribution < -0.4 is 26.1 Å². The Morgan fingerprint density at radius 3 is 2.58 bits per heavy atom. The first kappa shape index (κ1) is 27.9. The van der Waals surface area contributed by atoms with Gasteiger partial charge in [0.05, 0.1) is 30.3 Å². The van der Waals surface area contributed by atoms with Crippen molar-refractivity contribution in [3.8, 4) is 22.9 Å². The van der Waals surface area contributed by atoms with Crippen molar-refractivity contribution in [2.75, 3.05) is 18.6 Å². The first-order valence-corrected chi connectivity index (χ1v) is 11.2. The maximum atomic E-state index is 13.3. The van der Waals surface area contributed by atoms with E-state index in [-0.39, 0.29) is 46.1 Å². The minimum atomic E-state index is -4.73. The van der Waals surface area contributed by atoms with E-state index in [4.69, 9.17) is 27.5 Å². The molecule has 0 bridgehead atoms. The molecular formula is C25H21ClF3N6O3+. The number of para-hydroxylation sites is 2. The van der Waals surface area contributed by atoms with Crippen molar-refractivity contribution in [2.45, 2.75) is 12.6 Å². The number of pyridine rings is 1. The quantitative estimate of drug-likeness (QED) is 0.308. The van der Waals surface area contributed by atoms with Gasteiger partial charge in [-0.15, -0.1) is 0 Å². The number of rotatable bonds is 7. The number of anilines is 1. The van der Waals surface area contributed by atoms with Crippen LogP contribution in [0.5, 0.6) is 5.75 Å². The number of halogens is 4. The Balaban J connectivity index is 1.88. The molecular weight excluding hydrogens is 525 g/mol. The zero-order valence-electron chi connectivity index (χ0n) is 19.8. The average Bonchev–Trinajstić information content (AvgIpc) is 2.87. The molecule has 0 aliphatic carbocycles. The molecule has 0 aliphatic heterocycles. The minimum absolute atomic E-state index is 0.0462. The van der Waals surface area contributed by atoms with Crippen LogP contribution in [0.4, 0.5) is 23.7 Å². The number of hydrogen-bond donors (Lipinski definition) is 3. The van der Waals surface area contributed by atoms with Gasteiger partial charge in [0.2, 0.25) is 0 Å². The van der Waals surface area contributed by atoms with Gasteiger partial charge in [-0.3, -0.25) is 15.2 Å². The number of nitrogens with two attached hydrogens (primary N) is 2. The van der Waals surface area contributed by atoms with Crippen molar-refractivity contribution in [3.05, 3.63) is 76.6 Å². The number of nitriles is 1. The van der Waals surface area contributed by atoms with Gasteiger partial charge in [0.25, 0.3) is 11.7 Å². The second-order valence-electron chi connectivity index (χ2n) is 7.86. The maximum absolute atomic E-state index is 13.3. The molecule has 0 saturated heterocycles. The summed E-state index contributed by atoms with van der Waals surface area (Å²) in [4.78, 5) is 28.9. The zero-order chi connectivity index (χ0) is 28.0. The van der Waals surface area contributed by atoms with E-state index in [2.05, 4.69) is 10.3 Å². The SMILES string of the molecule is CN(C(=O)c1ccc(Cl)c(-c2cnc(C(F)(F)F)cc2C#N)c1)c1ccccc1OCCC(=[NH2+])NC(N)=O. The topological polar surface area (TPSA) is 147 Å². The number of primary amides is 1. The fourth-order valence-electron chi connectivity index (χ4n) is 3.43. The molecule has 1 heterocycles. The summed E-state index contributed by atoms with van der Waals surface area (Å²) in [6, 6.07) is 12.5. The Kier molecular flexibility index (Phi) is 8.54. The predicted octanol–water partition coefficient (Wildman–Crippen LogP) is 3.16. The number of carbonyl (C=O) groups is 2. The number of nitrogens with one attached hydrogen (secondary N) is 1. The van der Waals surface area contributed by atoms with Crippen LogP contribution >= 0.6 is 11.6 Å². The molecule has 0 spiro atoms. The van der Waals surface area contributed by atoms with Crippen LogP contribution in [0.25, 0.3) is 11.1 Å². The Morgan fingerprint density at radius 1 is 1.21 bits per heavy atom. The molecule has 3 aromatic rings. The van der Waals surface area contributed by atoms with Gasteiger partial charge in [-0.05, 0) is 36.4 Å². The molecule has 0 fully saturated rings. The maximum Gasteiger partial charge on any atom is 0.433 e. The Labute approximate surface area is 220 Å². The monoisotopic (exact) mass is 545 g/mol. The lowest BCUT2D eigenvalue weighted by atomic mass is 9.99. The summed E-state index contributed by atoms with van der Waals surface area (Å²) >= 11 is 6.28. The van der Waals surface area contributed by atoms with Gasteiger partial charge in [0, 0.05) is 35.0 Å². The molecule has 3 amide bonds. The van der Waals surface area contributed by atoms with Gasteiger partial charge >= 0.3 is 12.2 Å². The first-order valence-electron chi connectivity index (χ1n) is 10.9. The van der Waals surface area contributed by atoms with Gasteiger partial charge in [-0.25, -0.2) is 4.79 Å². The Morgan fingerprint density at radius 2 is 1.92 bits per heavy atom. The van der Waals surface area contributed by atoms with Gasteiger partial charge < -0.3 is 15.4 Å². The molecule has 1 aromatic heterocycles. The summed E-state index contributed by atoms with van der Waals surface area (Å²) in [6.07, 6.45) is -3.66. The molecule has 196 valence electrons. The third-order valence-corrected chi connectivity index (χ3v) is 5.59. The summed E-state index contributed by atoms with van der Waals surface area (Å²) in [7, 11) is 1.51. The summed E-state index contributed by atoms with van der Waals surface area (Å²) in [5.41, 5.74) is 4.27. The standard InChI is InChI=1S/C25H20ClF3N6O3/c1-35(19-4-2-3-5-20(19)38-9-8-22(31)34-24(32)37)23(36)14-6-7-18(26)16(10-14)17-13-33-21(25(27,28)29)11-15(17)12-30/h2-7,10-11,13H,8-9H2,1H3,(H4,31,32,34,37)/p+1. The first-order chi connectivity index (χ1) is 17.9. The molecule has 0 radical (unpaired) electrons. The number of carbonyl (C=O) groups excluding carboxylic acids is 2. The van der Waals surface area contributed by atoms with Crippen LogP contribution in [0, 0.1) is 11.3 Å². The molecule has 3 rings (SSSR count). The van der Waals surface area contributed by atoms with Gasteiger partial charge in [-0.1, -0.05) is 23.7 Å². The van der Waals surface area contributed by atoms with E-state index in [1.54, 1.807) is 30.3 Å². The van der Waals surface area contributed by atoms with Crippen molar-refractivity contribution < 1.29 is 32.9 Å². The van der Waals surface area contributed by atoms with Crippen molar-refractivity contribution >= 4 is 35.1 Å². The highest BCUT2D eigenvalue weighted by Crippen LogP contribution is 2.35. The van der Waals surface area contributed by atoms with E-state index in [0.717, 1.165) is 6.20 Å². The number of ether oxygens (including phenoxy) is 1. The molecule has 0 unspecified atom stereocenters. The van der Waals surface area contributed by atoms with Crippen molar-refractivity contribution in [3.63, 3.8) is 0 Å². The van der Waals surface area contributed by atoms with Crippen LogP contribution in [-0.4, -0.2) is 36.4 Å². The summed E-state index contributed by atoms with van der Waals surface area (Å²) in [5.74, 6) is -0.0236. The molecule has 0 atom stereocenters. The lowest BCUT2D eigenvalue weighted by molar-refractivity contribution is -0.141. The fraction of sp³-hybridized carbons (Fsp3) is 0.160. The predicted molar refractivity (Wildman–Crippen MR) is 133 cm³/mol. The molecule has 9 nitrogen and oxygen atoms in total. The van der Waals surface area contributed by atoms with Gasteiger partial charge in [-0.2, -0.15) is 23.7 Å². The number of nitrogens with zero attached hydrogens (tertiary/aromatic N) is 3. The molecule has 5 N–H and O–H groups in total. The highest BCUT2D eigenvalue weighted by molar-refractivity contribution is 6.33. The van der Waals surface area contributed by atoms with E-state index in [0.29, 0.717) is 17.5 Å². The van der Waals surface area contributed by atoms with Crippen LogP contribution in [0.15, 0.2) is 54.7 Å². The molecule has 0 aliphatic rings. The number of benzene rings is 2. The highest BCUT2D eigenvalue weighted by Gasteiger charge is 2.33. The van der Waals surface area contributed by atoms with Crippen LogP contribution in [0.3, 0.4) is 0 Å². The minimum Gasteiger partial charge on any atom is -0.491 e. The summed E-state index contributed by atoms with van der Waals surface area (Å²) < 4.78 is 44.9. The van der Waals surface area contributed by atoms with Crippen LogP contribution in [0.2, 0.25) is 5.02 Å². The van der Waals surface area contributed by atoms with Gasteiger partial charge in [0.1, 0.15) is 11.4 Å². The van der Waals surface area contributed by atoms with E-state index < -0.39 is 23.8 Å². The summed E-state index contributed by atoms with van der Waals surface area (Å²) in [6.45, 7) is 0.0775. The average molecular weight is 546 g/mol. The highest BCUT2D eigenvalue weighted by atomic mass is 35.5. The van der Waals surface area contributed by atoms with Crippen molar-refractivity contribution in [1.29, 1.82) is 5.26 Å². The second kappa shape index (κ2) is 11.6. The zero-order valence-corrected chi connectivity index (χ0v) is 20.6. The number of alkyl halides is 3. The number of hydrogen-bond acceptors (Lipinski definition) is 5. The summed E-state index contributed by atoms with van der Waals surface area (Å²) in [5, 5.41) is 17.5. The molecule has 13 heteroatoms. The Hall–Kier alpha value is -4.63. The van der Waals surface area contributed by atoms with Crippen LogP contribution in [-0.2, 0) is 6.18 Å². The van der Waals surface area contributed by atoms with Crippen LogP contribution in [0.1, 0.15) is 28.0 Å². The number of aromatic nitrogens is 1. The Bertz CT molecular complexity index is 1440. The second-order valence-corrected chi connectivity index (χ2v) is 8.27. The molecule has 0 saturated carbocycles. The van der Waals surface area contributed by atoms with E-state index in [1.165, 1.54) is 30.1 Å². The van der Waals surface area contributed by atoms with Gasteiger partial charge in [0.15, 0.2) is 0 Å². The third kappa shape index (κ3) is 6.57. The van der Waals surface area contributed by atoms with Crippen molar-refractivity contribution in [2.24, 2.45) is 5.73 Å². The van der Waals surface area contributed by atoms with Crippen molar-refractivity contribution in [1.82, 2.24) is 10.3 Å². The van der Waals surface area contributed by atoms with E-state index in [9.17, 15) is 28.0 Å².